The van der Waals surface area contributed by atoms with Crippen LogP contribution in [0.3, 0.4) is 0 Å². The summed E-state index contributed by atoms with van der Waals surface area (Å²) in [5, 5.41) is 6.63. The molecule has 0 unspecified atom stereocenters. The minimum Gasteiger partial charge on any atom is -0.348 e. The van der Waals surface area contributed by atoms with Crippen molar-refractivity contribution in [3.05, 3.63) is 11.1 Å². The number of carbonyl (C=O) groups is 2. The van der Waals surface area contributed by atoms with E-state index < -0.39 is 0 Å². The zero-order chi connectivity index (χ0) is 14.5. The first-order valence-corrected chi connectivity index (χ1v) is 7.69. The van der Waals surface area contributed by atoms with Crippen molar-refractivity contribution in [3.8, 4) is 0 Å². The molecule has 1 aromatic heterocycles. The zero-order valence-electron chi connectivity index (χ0n) is 11.8. The summed E-state index contributed by atoms with van der Waals surface area (Å²) in [7, 11) is 0. The molecule has 1 saturated heterocycles. The van der Waals surface area contributed by atoms with Crippen LogP contribution >= 0.6 is 11.5 Å². The maximum absolute atomic E-state index is 11.9. The molecular weight excluding hydrogens is 276 g/mol. The van der Waals surface area contributed by atoms with Crippen molar-refractivity contribution in [3.63, 3.8) is 0 Å². The molecular formula is C13H20N4O2S. The van der Waals surface area contributed by atoms with E-state index in [1.54, 1.807) is 0 Å². The molecule has 1 aromatic rings. The Morgan fingerprint density at radius 1 is 1.45 bits per heavy atom. The van der Waals surface area contributed by atoms with Gasteiger partial charge in [0.05, 0.1) is 6.20 Å². The van der Waals surface area contributed by atoms with Crippen LogP contribution in [0.2, 0.25) is 0 Å². The molecule has 0 aliphatic carbocycles. The van der Waals surface area contributed by atoms with Crippen molar-refractivity contribution in [1.29, 1.82) is 0 Å². The predicted molar refractivity (Wildman–Crippen MR) is 76.4 cm³/mol. The Morgan fingerprint density at radius 3 is 2.70 bits per heavy atom. The van der Waals surface area contributed by atoms with Crippen molar-refractivity contribution < 1.29 is 9.59 Å². The van der Waals surface area contributed by atoms with E-state index in [1.807, 2.05) is 18.7 Å². The van der Waals surface area contributed by atoms with E-state index in [2.05, 4.69) is 14.9 Å². The summed E-state index contributed by atoms with van der Waals surface area (Å²) in [5.74, 6) is 0.488. The molecule has 7 heteroatoms. The molecule has 20 heavy (non-hydrogen) atoms. The molecule has 2 heterocycles. The first kappa shape index (κ1) is 14.9. The summed E-state index contributed by atoms with van der Waals surface area (Å²) in [6.45, 7) is 5.54. The van der Waals surface area contributed by atoms with E-state index in [4.69, 9.17) is 0 Å². The highest BCUT2D eigenvalue weighted by molar-refractivity contribution is 7.07. The minimum absolute atomic E-state index is 0.119. The van der Waals surface area contributed by atoms with Crippen LogP contribution in [0, 0.1) is 5.92 Å². The molecule has 6 nitrogen and oxygen atoms in total. The van der Waals surface area contributed by atoms with Gasteiger partial charge in [-0.3, -0.25) is 9.59 Å². The third-order valence-corrected chi connectivity index (χ3v) is 4.01. The third-order valence-electron chi connectivity index (χ3n) is 3.35. The first-order valence-electron chi connectivity index (χ1n) is 6.92. The van der Waals surface area contributed by atoms with E-state index in [1.165, 1.54) is 6.20 Å². The Bertz CT molecular complexity index is 453. The van der Waals surface area contributed by atoms with Crippen molar-refractivity contribution in [2.75, 3.05) is 13.1 Å². The van der Waals surface area contributed by atoms with Crippen LogP contribution in [-0.2, 0) is 4.79 Å². The van der Waals surface area contributed by atoms with Gasteiger partial charge in [-0.2, -0.15) is 0 Å². The quantitative estimate of drug-likeness (QED) is 0.909. The first-order chi connectivity index (χ1) is 9.56. The Morgan fingerprint density at radius 2 is 2.15 bits per heavy atom. The normalized spacial score (nSPS) is 16.4. The number of nitrogens with zero attached hydrogens (tertiary/aromatic N) is 3. The van der Waals surface area contributed by atoms with Gasteiger partial charge in [-0.05, 0) is 30.3 Å². The molecule has 1 aliphatic heterocycles. The van der Waals surface area contributed by atoms with Crippen LogP contribution < -0.4 is 5.32 Å². The van der Waals surface area contributed by atoms with Gasteiger partial charge in [0.1, 0.15) is 4.88 Å². The highest BCUT2D eigenvalue weighted by Crippen LogP contribution is 2.14. The molecule has 2 rings (SSSR count). The minimum atomic E-state index is -0.119. The number of hydrogen-bond acceptors (Lipinski definition) is 5. The monoisotopic (exact) mass is 296 g/mol. The average Bonchev–Trinajstić information content (AvgIpc) is 2.92. The Kier molecular flexibility index (Phi) is 5.05. The van der Waals surface area contributed by atoms with Gasteiger partial charge in [-0.1, -0.05) is 18.3 Å². The van der Waals surface area contributed by atoms with Crippen molar-refractivity contribution in [2.45, 2.75) is 39.2 Å². The van der Waals surface area contributed by atoms with Crippen LogP contribution in [-0.4, -0.2) is 45.4 Å². The van der Waals surface area contributed by atoms with E-state index in [9.17, 15) is 9.59 Å². The van der Waals surface area contributed by atoms with Gasteiger partial charge in [0.2, 0.25) is 5.91 Å². The number of aromatic nitrogens is 2. The zero-order valence-corrected chi connectivity index (χ0v) is 12.7. The summed E-state index contributed by atoms with van der Waals surface area (Å²) >= 11 is 1.09. The van der Waals surface area contributed by atoms with Crippen molar-refractivity contribution in [1.82, 2.24) is 19.8 Å². The maximum Gasteiger partial charge on any atom is 0.264 e. The molecule has 0 radical (unpaired) electrons. The summed E-state index contributed by atoms with van der Waals surface area (Å²) < 4.78 is 3.68. The summed E-state index contributed by atoms with van der Waals surface area (Å²) in [4.78, 5) is 26.3. The maximum atomic E-state index is 11.9. The van der Waals surface area contributed by atoms with E-state index in [-0.39, 0.29) is 17.9 Å². The molecule has 0 atom stereocenters. The number of carbonyl (C=O) groups excluding carboxylic acids is 2. The van der Waals surface area contributed by atoms with Crippen LogP contribution in [0.1, 0.15) is 42.8 Å². The average molecular weight is 296 g/mol. The molecule has 0 spiro atoms. The fraction of sp³-hybridized carbons (Fsp3) is 0.692. The van der Waals surface area contributed by atoms with Gasteiger partial charge in [-0.25, -0.2) is 0 Å². The van der Waals surface area contributed by atoms with Crippen LogP contribution in [0.25, 0.3) is 0 Å². The summed E-state index contributed by atoms with van der Waals surface area (Å²) in [6.07, 6.45) is 3.69. The lowest BCUT2D eigenvalue weighted by atomic mass is 10.0. The Hall–Kier alpha value is -1.50. The second kappa shape index (κ2) is 6.78. The van der Waals surface area contributed by atoms with E-state index in [0.29, 0.717) is 17.2 Å². The van der Waals surface area contributed by atoms with Crippen molar-refractivity contribution >= 4 is 23.3 Å². The highest BCUT2D eigenvalue weighted by atomic mass is 32.1. The fourth-order valence-corrected chi connectivity index (χ4v) is 2.69. The number of likely N-dealkylation sites (tertiary alicyclic amines) is 1. The smallest absolute Gasteiger partial charge is 0.264 e. The lowest BCUT2D eigenvalue weighted by Crippen LogP contribution is -2.46. The van der Waals surface area contributed by atoms with E-state index >= 15 is 0 Å². The summed E-state index contributed by atoms with van der Waals surface area (Å²) in [5.41, 5.74) is 0. The molecule has 0 aromatic carbocycles. The lowest BCUT2D eigenvalue weighted by Gasteiger charge is -2.32. The number of piperidine rings is 1. The largest absolute Gasteiger partial charge is 0.348 e. The van der Waals surface area contributed by atoms with Gasteiger partial charge < -0.3 is 10.2 Å². The van der Waals surface area contributed by atoms with Gasteiger partial charge in [-0.15, -0.1) is 5.10 Å². The molecule has 0 saturated carbocycles. The summed E-state index contributed by atoms with van der Waals surface area (Å²) in [6, 6.07) is 0.132. The lowest BCUT2D eigenvalue weighted by molar-refractivity contribution is -0.133. The second-order valence-electron chi connectivity index (χ2n) is 5.51. The molecule has 1 aliphatic rings. The van der Waals surface area contributed by atoms with Gasteiger partial charge in [0, 0.05) is 25.6 Å². The Balaban J connectivity index is 1.77. The predicted octanol–water partition coefficient (Wildman–Crippen LogP) is 1.30. The van der Waals surface area contributed by atoms with Crippen molar-refractivity contribution in [2.24, 2.45) is 5.92 Å². The number of rotatable bonds is 4. The molecule has 110 valence electrons. The topological polar surface area (TPSA) is 75.2 Å². The van der Waals surface area contributed by atoms with E-state index in [0.717, 1.165) is 37.5 Å². The molecule has 2 amide bonds. The molecule has 1 fully saturated rings. The van der Waals surface area contributed by atoms with Crippen LogP contribution in [0.5, 0.6) is 0 Å². The number of amides is 2. The van der Waals surface area contributed by atoms with Gasteiger partial charge >= 0.3 is 0 Å². The number of nitrogens with one attached hydrogen (secondary N) is 1. The SMILES string of the molecule is CC(C)CC(=O)N1CCC(NC(=O)c2cnns2)CC1. The van der Waals surface area contributed by atoms with Crippen LogP contribution in [0.4, 0.5) is 0 Å². The third kappa shape index (κ3) is 4.00. The standard InChI is InChI=1S/C13H20N4O2S/c1-9(2)7-12(18)17-5-3-10(4-6-17)15-13(19)11-8-14-16-20-11/h8-10H,3-7H2,1-2H3,(H,15,19). The van der Waals surface area contributed by atoms with Gasteiger partial charge in [0.25, 0.3) is 5.91 Å². The fourth-order valence-electron chi connectivity index (χ4n) is 2.28. The highest BCUT2D eigenvalue weighted by Gasteiger charge is 2.24. The number of hydrogen-bond donors (Lipinski definition) is 1. The Labute approximate surface area is 122 Å². The second-order valence-corrected chi connectivity index (χ2v) is 6.29. The molecule has 0 bridgehead atoms. The van der Waals surface area contributed by atoms with Gasteiger partial charge in [0.15, 0.2) is 0 Å². The van der Waals surface area contributed by atoms with Crippen LogP contribution in [0.15, 0.2) is 6.20 Å². The molecule has 1 N–H and O–H groups in total.